The number of ether oxygens (including phenoxy) is 1. The number of benzene rings is 2. The molecule has 118 valence electrons. The van der Waals surface area contributed by atoms with Crippen LogP contribution in [0.5, 0.6) is 5.75 Å². The van der Waals surface area contributed by atoms with Gasteiger partial charge in [0.25, 0.3) is 0 Å². The van der Waals surface area contributed by atoms with E-state index in [4.69, 9.17) is 16.3 Å². The fourth-order valence-corrected chi connectivity index (χ4v) is 2.38. The molecule has 0 atom stereocenters. The van der Waals surface area contributed by atoms with Gasteiger partial charge in [-0.05, 0) is 47.7 Å². The standard InChI is InChI=1S/C19H24ClNO/c1-14-17(20)6-5-7-18(14)21-12-13-22-16-10-8-15(9-11-16)19(2,3)4/h5-11,21H,12-13H2,1-4H3. The predicted molar refractivity (Wildman–Crippen MR) is 95.3 cm³/mol. The summed E-state index contributed by atoms with van der Waals surface area (Å²) >= 11 is 6.10. The van der Waals surface area contributed by atoms with Crippen molar-refractivity contribution in [3.05, 3.63) is 58.6 Å². The van der Waals surface area contributed by atoms with Crippen molar-refractivity contribution in [1.82, 2.24) is 0 Å². The molecule has 2 rings (SSSR count). The monoisotopic (exact) mass is 317 g/mol. The molecule has 0 bridgehead atoms. The molecule has 0 amide bonds. The highest BCUT2D eigenvalue weighted by Gasteiger charge is 2.12. The van der Waals surface area contributed by atoms with Gasteiger partial charge in [0.05, 0.1) is 0 Å². The van der Waals surface area contributed by atoms with Crippen molar-refractivity contribution in [1.29, 1.82) is 0 Å². The van der Waals surface area contributed by atoms with Crippen LogP contribution in [0.25, 0.3) is 0 Å². The Bertz CT molecular complexity index is 614. The van der Waals surface area contributed by atoms with Crippen LogP contribution in [0.4, 0.5) is 5.69 Å². The zero-order valence-electron chi connectivity index (χ0n) is 13.7. The molecular formula is C19H24ClNO. The van der Waals surface area contributed by atoms with E-state index in [1.165, 1.54) is 5.56 Å². The summed E-state index contributed by atoms with van der Waals surface area (Å²) in [6.07, 6.45) is 0. The second-order valence-electron chi connectivity index (χ2n) is 6.46. The van der Waals surface area contributed by atoms with Gasteiger partial charge in [-0.15, -0.1) is 0 Å². The average Bonchev–Trinajstić information content (AvgIpc) is 2.47. The molecule has 0 radical (unpaired) electrons. The van der Waals surface area contributed by atoms with Gasteiger partial charge in [-0.25, -0.2) is 0 Å². The largest absolute Gasteiger partial charge is 0.492 e. The van der Waals surface area contributed by atoms with E-state index >= 15 is 0 Å². The van der Waals surface area contributed by atoms with Gasteiger partial charge >= 0.3 is 0 Å². The molecule has 0 saturated heterocycles. The Hall–Kier alpha value is -1.67. The van der Waals surface area contributed by atoms with Crippen LogP contribution >= 0.6 is 11.6 Å². The Balaban J connectivity index is 1.83. The third-order valence-corrected chi connectivity index (χ3v) is 4.08. The van der Waals surface area contributed by atoms with Crippen molar-refractivity contribution in [3.8, 4) is 5.75 Å². The third-order valence-electron chi connectivity index (χ3n) is 3.67. The normalized spacial score (nSPS) is 11.3. The van der Waals surface area contributed by atoms with E-state index in [2.05, 4.69) is 38.2 Å². The fraction of sp³-hybridized carbons (Fsp3) is 0.368. The van der Waals surface area contributed by atoms with E-state index in [1.54, 1.807) is 0 Å². The Morgan fingerprint density at radius 3 is 2.36 bits per heavy atom. The van der Waals surface area contributed by atoms with E-state index < -0.39 is 0 Å². The second kappa shape index (κ2) is 7.06. The summed E-state index contributed by atoms with van der Waals surface area (Å²) in [5.74, 6) is 0.901. The number of hydrogen-bond donors (Lipinski definition) is 1. The summed E-state index contributed by atoms with van der Waals surface area (Å²) in [4.78, 5) is 0. The van der Waals surface area contributed by atoms with Gasteiger partial charge in [0.15, 0.2) is 0 Å². The predicted octanol–water partition coefficient (Wildman–Crippen LogP) is 5.44. The van der Waals surface area contributed by atoms with E-state index in [0.717, 1.165) is 28.6 Å². The fourth-order valence-electron chi connectivity index (χ4n) is 2.20. The molecule has 2 nitrogen and oxygen atoms in total. The summed E-state index contributed by atoms with van der Waals surface area (Å²) in [6.45, 7) is 9.99. The topological polar surface area (TPSA) is 21.3 Å². The first-order valence-corrected chi connectivity index (χ1v) is 7.98. The van der Waals surface area contributed by atoms with Gasteiger partial charge in [0, 0.05) is 17.3 Å². The first-order valence-electron chi connectivity index (χ1n) is 7.60. The van der Waals surface area contributed by atoms with Crippen LogP contribution in [0.15, 0.2) is 42.5 Å². The van der Waals surface area contributed by atoms with Crippen LogP contribution in [0.2, 0.25) is 5.02 Å². The Morgan fingerprint density at radius 2 is 1.73 bits per heavy atom. The molecular weight excluding hydrogens is 294 g/mol. The van der Waals surface area contributed by atoms with E-state index in [0.29, 0.717) is 6.61 Å². The number of hydrogen-bond acceptors (Lipinski definition) is 2. The van der Waals surface area contributed by atoms with Crippen molar-refractivity contribution < 1.29 is 4.74 Å². The van der Waals surface area contributed by atoms with Crippen molar-refractivity contribution in [3.63, 3.8) is 0 Å². The molecule has 0 aliphatic carbocycles. The maximum absolute atomic E-state index is 6.10. The molecule has 22 heavy (non-hydrogen) atoms. The minimum absolute atomic E-state index is 0.171. The SMILES string of the molecule is Cc1c(Cl)cccc1NCCOc1ccc(C(C)(C)C)cc1. The zero-order valence-corrected chi connectivity index (χ0v) is 14.5. The second-order valence-corrected chi connectivity index (χ2v) is 6.87. The molecule has 0 saturated carbocycles. The highest BCUT2D eigenvalue weighted by Crippen LogP contribution is 2.24. The maximum Gasteiger partial charge on any atom is 0.119 e. The highest BCUT2D eigenvalue weighted by molar-refractivity contribution is 6.31. The summed E-state index contributed by atoms with van der Waals surface area (Å²) in [6, 6.07) is 14.2. The summed E-state index contributed by atoms with van der Waals surface area (Å²) in [5, 5.41) is 4.13. The lowest BCUT2D eigenvalue weighted by Crippen LogP contribution is -2.13. The minimum Gasteiger partial charge on any atom is -0.492 e. The van der Waals surface area contributed by atoms with Gasteiger partial charge in [-0.1, -0.05) is 50.6 Å². The molecule has 0 heterocycles. The van der Waals surface area contributed by atoms with Gasteiger partial charge in [0.2, 0.25) is 0 Å². The van der Waals surface area contributed by atoms with Crippen LogP contribution in [-0.2, 0) is 5.41 Å². The summed E-state index contributed by atoms with van der Waals surface area (Å²) < 4.78 is 5.77. The van der Waals surface area contributed by atoms with Crippen molar-refractivity contribution >= 4 is 17.3 Å². The molecule has 2 aromatic carbocycles. The third kappa shape index (κ3) is 4.41. The number of anilines is 1. The molecule has 0 aliphatic rings. The van der Waals surface area contributed by atoms with Crippen molar-refractivity contribution in [2.24, 2.45) is 0 Å². The number of halogens is 1. The number of nitrogens with one attached hydrogen (secondary N) is 1. The van der Waals surface area contributed by atoms with E-state index in [1.807, 2.05) is 37.3 Å². The summed E-state index contributed by atoms with van der Waals surface area (Å²) in [5.41, 5.74) is 3.61. The Labute approximate surface area is 138 Å². The van der Waals surface area contributed by atoms with Crippen LogP contribution in [0.1, 0.15) is 31.9 Å². The van der Waals surface area contributed by atoms with Crippen LogP contribution in [0, 0.1) is 6.92 Å². The molecule has 0 fully saturated rings. The van der Waals surface area contributed by atoms with Crippen molar-refractivity contribution in [2.75, 3.05) is 18.5 Å². The van der Waals surface area contributed by atoms with Gasteiger partial charge in [-0.3, -0.25) is 0 Å². The first kappa shape index (κ1) is 16.7. The lowest BCUT2D eigenvalue weighted by Gasteiger charge is -2.19. The lowest BCUT2D eigenvalue weighted by atomic mass is 9.87. The molecule has 1 N–H and O–H groups in total. The van der Waals surface area contributed by atoms with Crippen LogP contribution in [0.3, 0.4) is 0 Å². The van der Waals surface area contributed by atoms with Gasteiger partial charge in [0.1, 0.15) is 12.4 Å². The van der Waals surface area contributed by atoms with Crippen LogP contribution in [-0.4, -0.2) is 13.2 Å². The summed E-state index contributed by atoms with van der Waals surface area (Å²) in [7, 11) is 0. The van der Waals surface area contributed by atoms with E-state index in [9.17, 15) is 0 Å². The first-order chi connectivity index (χ1) is 10.4. The smallest absolute Gasteiger partial charge is 0.119 e. The highest BCUT2D eigenvalue weighted by atomic mass is 35.5. The molecule has 0 aromatic heterocycles. The quantitative estimate of drug-likeness (QED) is 0.742. The van der Waals surface area contributed by atoms with E-state index in [-0.39, 0.29) is 5.41 Å². The van der Waals surface area contributed by atoms with Gasteiger partial charge < -0.3 is 10.1 Å². The van der Waals surface area contributed by atoms with Gasteiger partial charge in [-0.2, -0.15) is 0 Å². The lowest BCUT2D eigenvalue weighted by molar-refractivity contribution is 0.332. The van der Waals surface area contributed by atoms with Crippen LogP contribution < -0.4 is 10.1 Å². The zero-order chi connectivity index (χ0) is 16.2. The maximum atomic E-state index is 6.10. The van der Waals surface area contributed by atoms with Crippen molar-refractivity contribution in [2.45, 2.75) is 33.1 Å². The molecule has 3 heteroatoms. The molecule has 0 aliphatic heterocycles. The Morgan fingerprint density at radius 1 is 1.05 bits per heavy atom. The molecule has 0 spiro atoms. The minimum atomic E-state index is 0.171. The average molecular weight is 318 g/mol. The Kier molecular flexibility index (Phi) is 5.36. The molecule has 2 aromatic rings. The number of rotatable bonds is 5. The molecule has 0 unspecified atom stereocenters.